The van der Waals surface area contributed by atoms with E-state index in [0.29, 0.717) is 5.69 Å². The largest absolute Gasteiger partial charge is 0.454 e. The van der Waals surface area contributed by atoms with Gasteiger partial charge in [-0.05, 0) is 43.5 Å². The van der Waals surface area contributed by atoms with Crippen LogP contribution in [-0.4, -0.2) is 38.9 Å². The number of hydrogen-bond acceptors (Lipinski definition) is 10. The van der Waals surface area contributed by atoms with Crippen LogP contribution in [0.25, 0.3) is 0 Å². The van der Waals surface area contributed by atoms with Crippen molar-refractivity contribution in [1.82, 2.24) is 15.0 Å². The first-order chi connectivity index (χ1) is 15.9. The van der Waals surface area contributed by atoms with Gasteiger partial charge >= 0.3 is 5.97 Å². The molecule has 0 amide bonds. The fourth-order valence-corrected chi connectivity index (χ4v) is 3.63. The normalized spacial score (nSPS) is 13.1. The summed E-state index contributed by atoms with van der Waals surface area (Å²) in [5.74, 6) is -0.389. The van der Waals surface area contributed by atoms with Gasteiger partial charge in [0, 0.05) is 24.8 Å². The minimum absolute atomic E-state index is 0.0299. The maximum absolute atomic E-state index is 12.6. The molecule has 2 aromatic carbocycles. The lowest BCUT2D eigenvalue weighted by atomic mass is 10.1. The van der Waals surface area contributed by atoms with Gasteiger partial charge < -0.3 is 20.7 Å². The first-order valence-electron chi connectivity index (χ1n) is 10.4. The summed E-state index contributed by atoms with van der Waals surface area (Å²) >= 11 is 0. The Balaban J connectivity index is 1.47. The zero-order chi connectivity index (χ0) is 23.4. The van der Waals surface area contributed by atoms with E-state index in [1.54, 1.807) is 6.07 Å². The van der Waals surface area contributed by atoms with E-state index in [0.717, 1.165) is 37.2 Å². The van der Waals surface area contributed by atoms with Gasteiger partial charge in [0.1, 0.15) is 5.69 Å². The van der Waals surface area contributed by atoms with Gasteiger partial charge in [-0.2, -0.15) is 15.0 Å². The Hall–Kier alpha value is -4.28. The highest BCUT2D eigenvalue weighted by molar-refractivity contribution is 5.91. The van der Waals surface area contributed by atoms with Gasteiger partial charge in [-0.1, -0.05) is 18.2 Å². The van der Waals surface area contributed by atoms with Crippen molar-refractivity contribution in [3.63, 3.8) is 0 Å². The van der Waals surface area contributed by atoms with E-state index >= 15 is 0 Å². The lowest BCUT2D eigenvalue weighted by molar-refractivity contribution is -0.384. The summed E-state index contributed by atoms with van der Waals surface area (Å²) < 4.78 is 5.29. The van der Waals surface area contributed by atoms with Crippen LogP contribution in [0.4, 0.5) is 29.0 Å². The summed E-state index contributed by atoms with van der Waals surface area (Å²) in [4.78, 5) is 37.9. The van der Waals surface area contributed by atoms with Crippen LogP contribution in [0.1, 0.15) is 34.6 Å². The number of nitrogens with two attached hydrogens (primary N) is 1. The Morgan fingerprint density at radius 3 is 2.67 bits per heavy atom. The zero-order valence-corrected chi connectivity index (χ0v) is 18.0. The van der Waals surface area contributed by atoms with Gasteiger partial charge in [0.25, 0.3) is 5.69 Å². The van der Waals surface area contributed by atoms with Crippen LogP contribution in [0.3, 0.4) is 0 Å². The number of nitro groups is 1. The van der Waals surface area contributed by atoms with Crippen LogP contribution in [0.5, 0.6) is 0 Å². The lowest BCUT2D eigenvalue weighted by Gasteiger charge is -2.17. The predicted octanol–water partition coefficient (Wildman–Crippen LogP) is 3.37. The smallest absolute Gasteiger partial charge is 0.338 e. The first kappa shape index (κ1) is 21.9. The van der Waals surface area contributed by atoms with E-state index in [-0.39, 0.29) is 35.6 Å². The van der Waals surface area contributed by atoms with E-state index in [1.807, 2.05) is 36.1 Å². The number of aryl methyl sites for hydroxylation is 1. The summed E-state index contributed by atoms with van der Waals surface area (Å²) in [6, 6.07) is 11.9. The highest BCUT2D eigenvalue weighted by Crippen LogP contribution is 2.32. The number of benzene rings is 2. The van der Waals surface area contributed by atoms with E-state index < -0.39 is 10.9 Å². The number of para-hydroxylation sites is 1. The van der Waals surface area contributed by atoms with Crippen molar-refractivity contribution in [1.29, 1.82) is 0 Å². The number of rotatable bonds is 7. The Bertz CT molecular complexity index is 1200. The van der Waals surface area contributed by atoms with Crippen molar-refractivity contribution in [3.8, 4) is 0 Å². The standard InChI is InChI=1S/C22H23N7O4/c1-14-6-2-3-7-16(14)24-22-26-19(25-21(23)27-22)13-33-20(30)15-8-9-17(18(12-15)29(31)32)28-10-4-5-11-28/h2-3,6-9,12H,4-5,10-11,13H2,1H3,(H3,23,24,25,26,27). The third kappa shape index (κ3) is 5.14. The number of aromatic nitrogens is 3. The fourth-order valence-electron chi connectivity index (χ4n) is 3.63. The number of nitrogen functional groups attached to an aromatic ring is 1. The van der Waals surface area contributed by atoms with Crippen molar-refractivity contribution in [2.45, 2.75) is 26.4 Å². The first-order valence-corrected chi connectivity index (χ1v) is 10.4. The van der Waals surface area contributed by atoms with Crippen LogP contribution < -0.4 is 16.0 Å². The molecule has 11 heteroatoms. The number of anilines is 4. The number of nitrogens with zero attached hydrogens (tertiary/aromatic N) is 5. The Kier molecular flexibility index (Phi) is 6.29. The number of carbonyl (C=O) groups is 1. The second-order valence-corrected chi connectivity index (χ2v) is 7.60. The van der Waals surface area contributed by atoms with E-state index in [1.165, 1.54) is 12.1 Å². The minimum atomic E-state index is -0.724. The molecule has 0 aliphatic carbocycles. The molecule has 3 N–H and O–H groups in total. The number of hydrogen-bond donors (Lipinski definition) is 2. The molecule has 0 unspecified atom stereocenters. The van der Waals surface area contributed by atoms with Crippen LogP contribution in [-0.2, 0) is 11.3 Å². The number of ether oxygens (including phenoxy) is 1. The Labute approximate surface area is 189 Å². The minimum Gasteiger partial charge on any atom is -0.454 e. The quantitative estimate of drug-likeness (QED) is 0.312. The lowest BCUT2D eigenvalue weighted by Crippen LogP contribution is -2.19. The summed E-state index contributed by atoms with van der Waals surface area (Å²) in [7, 11) is 0. The third-order valence-electron chi connectivity index (χ3n) is 5.28. The van der Waals surface area contributed by atoms with Crippen molar-refractivity contribution in [2.75, 3.05) is 29.0 Å². The van der Waals surface area contributed by atoms with Gasteiger partial charge in [-0.25, -0.2) is 4.79 Å². The van der Waals surface area contributed by atoms with E-state index in [4.69, 9.17) is 10.5 Å². The SMILES string of the molecule is Cc1ccccc1Nc1nc(N)nc(COC(=O)c2ccc(N3CCCC3)c([N+](=O)[O-])c2)n1. The number of carbonyl (C=O) groups excluding carboxylic acids is 1. The maximum Gasteiger partial charge on any atom is 0.338 e. The van der Waals surface area contributed by atoms with Gasteiger partial charge in [0.2, 0.25) is 11.9 Å². The number of nitrogens with one attached hydrogen (secondary N) is 1. The Morgan fingerprint density at radius 1 is 1.18 bits per heavy atom. The van der Waals surface area contributed by atoms with Crippen LogP contribution in [0, 0.1) is 17.0 Å². The highest BCUT2D eigenvalue weighted by atomic mass is 16.6. The number of nitro benzene ring substituents is 1. The summed E-state index contributed by atoms with van der Waals surface area (Å²) in [6.07, 6.45) is 1.97. The monoisotopic (exact) mass is 449 g/mol. The molecule has 1 aromatic heterocycles. The number of esters is 1. The van der Waals surface area contributed by atoms with Crippen LogP contribution in [0.2, 0.25) is 0 Å². The van der Waals surface area contributed by atoms with Gasteiger partial charge in [-0.3, -0.25) is 10.1 Å². The van der Waals surface area contributed by atoms with Gasteiger partial charge in [0.05, 0.1) is 10.5 Å². The summed E-state index contributed by atoms with van der Waals surface area (Å²) in [6.45, 7) is 3.17. The van der Waals surface area contributed by atoms with Crippen LogP contribution in [0.15, 0.2) is 42.5 Å². The molecule has 1 aliphatic heterocycles. The molecule has 0 spiro atoms. The molecule has 0 bridgehead atoms. The van der Waals surface area contributed by atoms with E-state index in [9.17, 15) is 14.9 Å². The molecule has 3 aromatic rings. The molecule has 11 nitrogen and oxygen atoms in total. The summed E-state index contributed by atoms with van der Waals surface area (Å²) in [5.41, 5.74) is 8.02. The third-order valence-corrected chi connectivity index (χ3v) is 5.28. The van der Waals surface area contributed by atoms with Gasteiger partial charge in [0.15, 0.2) is 12.4 Å². The van der Waals surface area contributed by atoms with Crippen molar-refractivity contribution < 1.29 is 14.5 Å². The molecule has 0 saturated carbocycles. The second-order valence-electron chi connectivity index (χ2n) is 7.60. The molecular formula is C22H23N7O4. The summed E-state index contributed by atoms with van der Waals surface area (Å²) in [5, 5.41) is 14.6. The molecule has 33 heavy (non-hydrogen) atoms. The van der Waals surface area contributed by atoms with E-state index in [2.05, 4.69) is 20.3 Å². The molecule has 0 atom stereocenters. The molecule has 1 fully saturated rings. The molecule has 2 heterocycles. The molecule has 1 saturated heterocycles. The maximum atomic E-state index is 12.6. The highest BCUT2D eigenvalue weighted by Gasteiger charge is 2.24. The van der Waals surface area contributed by atoms with Crippen molar-refractivity contribution in [2.24, 2.45) is 0 Å². The Morgan fingerprint density at radius 2 is 1.94 bits per heavy atom. The molecule has 4 rings (SSSR count). The second kappa shape index (κ2) is 9.47. The van der Waals surface area contributed by atoms with Crippen LogP contribution >= 0.6 is 0 Å². The molecular weight excluding hydrogens is 426 g/mol. The van der Waals surface area contributed by atoms with Crippen molar-refractivity contribution in [3.05, 3.63) is 69.5 Å². The van der Waals surface area contributed by atoms with Gasteiger partial charge in [-0.15, -0.1) is 0 Å². The topological polar surface area (TPSA) is 149 Å². The fraction of sp³-hybridized carbons (Fsp3) is 0.273. The zero-order valence-electron chi connectivity index (χ0n) is 18.0. The average Bonchev–Trinajstić information content (AvgIpc) is 3.33. The molecule has 0 radical (unpaired) electrons. The van der Waals surface area contributed by atoms with Crippen molar-refractivity contribution >= 4 is 34.9 Å². The predicted molar refractivity (Wildman–Crippen MR) is 122 cm³/mol. The molecule has 1 aliphatic rings. The average molecular weight is 449 g/mol. The molecule has 170 valence electrons.